The highest BCUT2D eigenvalue weighted by molar-refractivity contribution is 9.10. The molecule has 0 unspecified atom stereocenters. The van der Waals surface area contributed by atoms with Crippen LogP contribution in [-0.2, 0) is 13.0 Å². The molecular weight excluding hydrogens is 354 g/mol. The summed E-state index contributed by atoms with van der Waals surface area (Å²) in [6.07, 6.45) is 2.74. The predicted octanol–water partition coefficient (Wildman–Crippen LogP) is 4.18. The SMILES string of the molecule is CC.COc1ccc(Br)cc1Cc1c(CN)nc2ccccn12. The summed E-state index contributed by atoms with van der Waals surface area (Å²) in [5.41, 5.74) is 9.90. The van der Waals surface area contributed by atoms with E-state index in [9.17, 15) is 0 Å². The van der Waals surface area contributed by atoms with Gasteiger partial charge in [0.1, 0.15) is 11.4 Å². The molecule has 23 heavy (non-hydrogen) atoms. The van der Waals surface area contributed by atoms with Crippen LogP contribution in [-0.4, -0.2) is 16.5 Å². The van der Waals surface area contributed by atoms with Gasteiger partial charge in [0.25, 0.3) is 0 Å². The van der Waals surface area contributed by atoms with Crippen LogP contribution in [0.4, 0.5) is 0 Å². The molecule has 1 aromatic carbocycles. The molecule has 0 fully saturated rings. The van der Waals surface area contributed by atoms with E-state index in [4.69, 9.17) is 10.5 Å². The first-order valence-electron chi connectivity index (χ1n) is 7.70. The van der Waals surface area contributed by atoms with Gasteiger partial charge in [0.15, 0.2) is 0 Å². The summed E-state index contributed by atoms with van der Waals surface area (Å²) in [7, 11) is 1.69. The third-order valence-electron chi connectivity index (χ3n) is 3.51. The predicted molar refractivity (Wildman–Crippen MR) is 97.9 cm³/mol. The Balaban J connectivity index is 0.000000924. The van der Waals surface area contributed by atoms with Crippen molar-refractivity contribution in [3.05, 3.63) is 64.0 Å². The Bertz CT molecular complexity index is 783. The molecule has 4 nitrogen and oxygen atoms in total. The molecule has 2 aromatic heterocycles. The Kier molecular flexibility index (Phi) is 6.19. The number of benzene rings is 1. The van der Waals surface area contributed by atoms with Crippen LogP contribution in [0, 0.1) is 0 Å². The van der Waals surface area contributed by atoms with Crippen LogP contribution in [0.1, 0.15) is 30.8 Å². The van der Waals surface area contributed by atoms with Crippen LogP contribution >= 0.6 is 15.9 Å². The summed E-state index contributed by atoms with van der Waals surface area (Å²) in [6, 6.07) is 12.0. The lowest BCUT2D eigenvalue weighted by Crippen LogP contribution is -2.04. The number of nitrogens with two attached hydrogens (primary N) is 1. The number of aromatic nitrogens is 2. The summed E-state index contributed by atoms with van der Waals surface area (Å²) in [6.45, 7) is 4.42. The highest BCUT2D eigenvalue weighted by Gasteiger charge is 2.13. The van der Waals surface area contributed by atoms with Gasteiger partial charge >= 0.3 is 0 Å². The van der Waals surface area contributed by atoms with E-state index >= 15 is 0 Å². The van der Waals surface area contributed by atoms with Gasteiger partial charge in [0.05, 0.1) is 18.5 Å². The first-order valence-corrected chi connectivity index (χ1v) is 8.49. The van der Waals surface area contributed by atoms with Gasteiger partial charge in [-0.05, 0) is 30.3 Å². The van der Waals surface area contributed by atoms with Crippen molar-refractivity contribution in [2.24, 2.45) is 5.73 Å². The molecule has 0 spiro atoms. The fraction of sp³-hybridized carbons (Fsp3) is 0.278. The number of rotatable bonds is 4. The summed E-state index contributed by atoms with van der Waals surface area (Å²) in [4.78, 5) is 4.59. The lowest BCUT2D eigenvalue weighted by atomic mass is 10.1. The van der Waals surface area contributed by atoms with E-state index in [-0.39, 0.29) is 0 Å². The van der Waals surface area contributed by atoms with Gasteiger partial charge in [-0.3, -0.25) is 0 Å². The average Bonchev–Trinajstić information content (AvgIpc) is 2.95. The Labute approximate surface area is 145 Å². The van der Waals surface area contributed by atoms with Crippen molar-refractivity contribution in [1.82, 2.24) is 9.38 Å². The molecule has 122 valence electrons. The quantitative estimate of drug-likeness (QED) is 0.743. The number of imidazole rings is 1. The molecule has 2 N–H and O–H groups in total. The maximum Gasteiger partial charge on any atom is 0.137 e. The van der Waals surface area contributed by atoms with Crippen molar-refractivity contribution in [2.45, 2.75) is 26.8 Å². The van der Waals surface area contributed by atoms with E-state index in [2.05, 4.69) is 31.4 Å². The topological polar surface area (TPSA) is 52.5 Å². The van der Waals surface area contributed by atoms with E-state index in [0.29, 0.717) is 6.54 Å². The van der Waals surface area contributed by atoms with E-state index in [1.165, 1.54) is 0 Å². The number of fused-ring (bicyclic) bond motifs is 1. The van der Waals surface area contributed by atoms with Crippen LogP contribution in [0.15, 0.2) is 47.1 Å². The highest BCUT2D eigenvalue weighted by Crippen LogP contribution is 2.27. The maximum atomic E-state index is 5.85. The summed E-state index contributed by atoms with van der Waals surface area (Å²) >= 11 is 3.51. The molecule has 0 aliphatic rings. The van der Waals surface area contributed by atoms with Crippen molar-refractivity contribution >= 4 is 21.6 Å². The fourth-order valence-electron chi connectivity index (χ4n) is 2.51. The minimum absolute atomic E-state index is 0.424. The van der Waals surface area contributed by atoms with Crippen LogP contribution in [0.3, 0.4) is 0 Å². The molecule has 0 aliphatic heterocycles. The van der Waals surface area contributed by atoms with Crippen LogP contribution in [0.25, 0.3) is 5.65 Å². The lowest BCUT2D eigenvalue weighted by molar-refractivity contribution is 0.410. The summed E-state index contributed by atoms with van der Waals surface area (Å²) in [5, 5.41) is 0. The second-order valence-electron chi connectivity index (χ2n) is 4.77. The standard InChI is InChI=1S/C16H16BrN3O.C2H6/c1-21-15-6-5-12(17)8-11(15)9-14-13(10-18)19-16-4-2-3-7-20(14)16;1-2/h2-8H,9-10,18H2,1H3;1-2H3. The Morgan fingerprint density at radius 1 is 1.22 bits per heavy atom. The number of pyridine rings is 1. The van der Waals surface area contributed by atoms with Crippen molar-refractivity contribution in [2.75, 3.05) is 7.11 Å². The zero-order chi connectivity index (χ0) is 16.8. The third kappa shape index (κ3) is 3.74. The molecule has 2 heterocycles. The first kappa shape index (κ1) is 17.5. The molecular formula is C18H22BrN3O. The lowest BCUT2D eigenvalue weighted by Gasteiger charge is -2.10. The van der Waals surface area contributed by atoms with E-state index < -0.39 is 0 Å². The first-order chi connectivity index (χ1) is 11.2. The van der Waals surface area contributed by atoms with Crippen molar-refractivity contribution in [3.63, 3.8) is 0 Å². The number of ether oxygens (including phenoxy) is 1. The molecule has 0 radical (unpaired) electrons. The minimum Gasteiger partial charge on any atom is -0.496 e. The molecule has 3 aromatic rings. The van der Waals surface area contributed by atoms with E-state index in [1.54, 1.807) is 7.11 Å². The van der Waals surface area contributed by atoms with Crippen molar-refractivity contribution < 1.29 is 4.74 Å². The van der Waals surface area contributed by atoms with E-state index in [0.717, 1.165) is 39.2 Å². The molecule has 0 saturated heterocycles. The highest BCUT2D eigenvalue weighted by atomic mass is 79.9. The summed E-state index contributed by atoms with van der Waals surface area (Å²) in [5.74, 6) is 0.868. The van der Waals surface area contributed by atoms with Crippen LogP contribution < -0.4 is 10.5 Å². The van der Waals surface area contributed by atoms with Gasteiger partial charge in [0.2, 0.25) is 0 Å². The van der Waals surface area contributed by atoms with Crippen molar-refractivity contribution in [1.29, 1.82) is 0 Å². The Hall–Kier alpha value is -1.85. The molecule has 0 bridgehead atoms. The van der Waals surface area contributed by atoms with Gasteiger partial charge in [0, 0.05) is 29.2 Å². The normalized spacial score (nSPS) is 10.3. The van der Waals surface area contributed by atoms with Gasteiger partial charge in [-0.15, -0.1) is 0 Å². The zero-order valence-corrected chi connectivity index (χ0v) is 15.3. The number of methoxy groups -OCH3 is 1. The van der Waals surface area contributed by atoms with Crippen molar-refractivity contribution in [3.8, 4) is 5.75 Å². The fourth-order valence-corrected chi connectivity index (χ4v) is 2.92. The molecule has 0 saturated carbocycles. The number of hydrogen-bond donors (Lipinski definition) is 1. The molecule has 0 atom stereocenters. The van der Waals surface area contributed by atoms with E-state index in [1.807, 2.05) is 50.4 Å². The monoisotopic (exact) mass is 375 g/mol. The van der Waals surface area contributed by atoms with Gasteiger partial charge in [-0.2, -0.15) is 0 Å². The maximum absolute atomic E-state index is 5.85. The van der Waals surface area contributed by atoms with Crippen LogP contribution in [0.2, 0.25) is 0 Å². The van der Waals surface area contributed by atoms with Crippen LogP contribution in [0.5, 0.6) is 5.75 Å². The molecule has 0 aliphatic carbocycles. The van der Waals surface area contributed by atoms with Gasteiger partial charge in [-0.1, -0.05) is 35.8 Å². The Morgan fingerprint density at radius 3 is 2.70 bits per heavy atom. The molecule has 0 amide bonds. The van der Waals surface area contributed by atoms with Gasteiger partial charge < -0.3 is 14.9 Å². The average molecular weight is 376 g/mol. The largest absolute Gasteiger partial charge is 0.496 e. The zero-order valence-electron chi connectivity index (χ0n) is 13.7. The number of halogens is 1. The second kappa shape index (κ2) is 8.13. The minimum atomic E-state index is 0.424. The molecule has 3 rings (SSSR count). The summed E-state index contributed by atoms with van der Waals surface area (Å²) < 4.78 is 8.57. The smallest absolute Gasteiger partial charge is 0.137 e. The second-order valence-corrected chi connectivity index (χ2v) is 5.69. The number of hydrogen-bond acceptors (Lipinski definition) is 3. The third-order valence-corrected chi connectivity index (χ3v) is 4.00. The molecule has 5 heteroatoms. The Morgan fingerprint density at radius 2 is 2.00 bits per heavy atom. The van der Waals surface area contributed by atoms with Gasteiger partial charge in [-0.25, -0.2) is 4.98 Å². The number of nitrogens with zero attached hydrogens (tertiary/aromatic N) is 2.